The Bertz CT molecular complexity index is 644. The van der Waals surface area contributed by atoms with Crippen LogP contribution >= 0.6 is 23.2 Å². The fourth-order valence-corrected chi connectivity index (χ4v) is 2.00. The Morgan fingerprint density at radius 1 is 1.40 bits per heavy atom. The highest BCUT2D eigenvalue weighted by Gasteiger charge is 2.19. The van der Waals surface area contributed by atoms with Gasteiger partial charge in [-0.3, -0.25) is 0 Å². The van der Waals surface area contributed by atoms with E-state index in [1.807, 2.05) is 6.92 Å². The van der Waals surface area contributed by atoms with Gasteiger partial charge in [0.15, 0.2) is 5.02 Å². The monoisotopic (exact) mass is 315 g/mol. The molecule has 0 amide bonds. The highest BCUT2D eigenvalue weighted by molar-refractivity contribution is 6.32. The number of rotatable bonds is 5. The molecular formula is C11H11Cl2N5O2. The fraction of sp³-hybridized carbons (Fsp3) is 0.273. The average molecular weight is 316 g/mol. The zero-order chi connectivity index (χ0) is 14.7. The molecule has 0 bridgehead atoms. The van der Waals surface area contributed by atoms with Gasteiger partial charge in [0.2, 0.25) is 0 Å². The third-order valence-electron chi connectivity index (χ3n) is 2.46. The van der Waals surface area contributed by atoms with Gasteiger partial charge in [-0.1, -0.05) is 23.2 Å². The first-order valence-corrected chi connectivity index (χ1v) is 6.53. The Morgan fingerprint density at radius 3 is 2.75 bits per heavy atom. The number of pyridine rings is 1. The summed E-state index contributed by atoms with van der Waals surface area (Å²) in [5.74, 6) is 0.297. The van der Waals surface area contributed by atoms with E-state index in [0.29, 0.717) is 16.5 Å². The lowest BCUT2D eigenvalue weighted by atomic mass is 10.3. The van der Waals surface area contributed by atoms with Crippen molar-refractivity contribution in [3.8, 4) is 0 Å². The lowest BCUT2D eigenvalue weighted by molar-refractivity contribution is -0.389. The maximum absolute atomic E-state index is 10.7. The standard InChI is InChI=1S/C11H11Cl2N5O2/c1-2-14-10-4-3-7(12)9(15-10)6-17-5-8(13)11(16-17)18(19)20/h3-5H,2,6H2,1H3,(H,14,15). The molecule has 0 radical (unpaired) electrons. The van der Waals surface area contributed by atoms with E-state index in [9.17, 15) is 10.1 Å². The summed E-state index contributed by atoms with van der Waals surface area (Å²) in [6.07, 6.45) is 1.37. The van der Waals surface area contributed by atoms with Crippen LogP contribution in [-0.2, 0) is 6.54 Å². The van der Waals surface area contributed by atoms with Crippen LogP contribution in [0.4, 0.5) is 11.6 Å². The summed E-state index contributed by atoms with van der Waals surface area (Å²) < 4.78 is 1.34. The summed E-state index contributed by atoms with van der Waals surface area (Å²) in [6.45, 7) is 2.88. The van der Waals surface area contributed by atoms with Crippen LogP contribution in [0.15, 0.2) is 18.3 Å². The predicted octanol–water partition coefficient (Wildman–Crippen LogP) is 2.97. The Hall–Kier alpha value is -1.86. The first kappa shape index (κ1) is 14.5. The van der Waals surface area contributed by atoms with Crippen molar-refractivity contribution >= 4 is 34.8 Å². The Labute approximate surface area is 124 Å². The molecule has 0 aromatic carbocycles. The van der Waals surface area contributed by atoms with Gasteiger partial charge in [-0.25, -0.2) is 4.98 Å². The summed E-state index contributed by atoms with van der Waals surface area (Å²) in [5.41, 5.74) is 0.555. The smallest absolute Gasteiger partial charge is 0.370 e. The summed E-state index contributed by atoms with van der Waals surface area (Å²) in [5, 5.41) is 18.0. The minimum atomic E-state index is -0.636. The maximum Gasteiger partial charge on any atom is 0.408 e. The maximum atomic E-state index is 10.7. The van der Waals surface area contributed by atoms with Crippen LogP contribution in [0.2, 0.25) is 10.0 Å². The first-order valence-electron chi connectivity index (χ1n) is 5.78. The highest BCUT2D eigenvalue weighted by atomic mass is 35.5. The van der Waals surface area contributed by atoms with Crippen LogP contribution in [0.5, 0.6) is 0 Å². The molecule has 0 saturated carbocycles. The first-order chi connectivity index (χ1) is 9.51. The number of anilines is 1. The van der Waals surface area contributed by atoms with E-state index in [1.54, 1.807) is 12.1 Å². The van der Waals surface area contributed by atoms with Crippen molar-refractivity contribution in [3.05, 3.63) is 44.2 Å². The van der Waals surface area contributed by atoms with Gasteiger partial charge in [0.25, 0.3) is 0 Å². The van der Waals surface area contributed by atoms with E-state index < -0.39 is 4.92 Å². The molecule has 2 aromatic rings. The van der Waals surface area contributed by atoms with Crippen LogP contribution in [-0.4, -0.2) is 26.2 Å². The third kappa shape index (κ3) is 3.17. The Kier molecular flexibility index (Phi) is 4.41. The van der Waals surface area contributed by atoms with Crippen LogP contribution in [0.3, 0.4) is 0 Å². The fourth-order valence-electron chi connectivity index (χ4n) is 1.62. The van der Waals surface area contributed by atoms with Crippen LogP contribution in [0.1, 0.15) is 12.6 Å². The molecule has 9 heteroatoms. The number of hydrogen-bond donors (Lipinski definition) is 1. The molecule has 0 atom stereocenters. The van der Waals surface area contributed by atoms with Crippen molar-refractivity contribution in [1.29, 1.82) is 0 Å². The van der Waals surface area contributed by atoms with Gasteiger partial charge in [0.1, 0.15) is 12.4 Å². The largest absolute Gasteiger partial charge is 0.408 e. The number of hydrogen-bond acceptors (Lipinski definition) is 5. The number of nitrogens with one attached hydrogen (secondary N) is 1. The second-order valence-electron chi connectivity index (χ2n) is 3.91. The van der Waals surface area contributed by atoms with E-state index >= 15 is 0 Å². The minimum Gasteiger partial charge on any atom is -0.370 e. The lowest BCUT2D eigenvalue weighted by Crippen LogP contribution is -2.06. The van der Waals surface area contributed by atoms with Crippen LogP contribution in [0, 0.1) is 10.1 Å². The molecule has 0 aliphatic carbocycles. The van der Waals surface area contributed by atoms with Gasteiger partial charge in [-0.15, -0.1) is 0 Å². The zero-order valence-electron chi connectivity index (χ0n) is 10.5. The summed E-state index contributed by atoms with van der Waals surface area (Å²) in [6, 6.07) is 3.47. The summed E-state index contributed by atoms with van der Waals surface area (Å²) in [4.78, 5) is 14.4. The molecule has 2 aromatic heterocycles. The van der Waals surface area contributed by atoms with E-state index in [2.05, 4.69) is 15.4 Å². The van der Waals surface area contributed by atoms with Crippen molar-refractivity contribution in [2.75, 3.05) is 11.9 Å². The molecule has 7 nitrogen and oxygen atoms in total. The number of nitrogens with zero attached hydrogens (tertiary/aromatic N) is 4. The van der Waals surface area contributed by atoms with E-state index in [0.717, 1.165) is 6.54 Å². The highest BCUT2D eigenvalue weighted by Crippen LogP contribution is 2.23. The lowest BCUT2D eigenvalue weighted by Gasteiger charge is -2.06. The molecule has 0 unspecified atom stereocenters. The van der Waals surface area contributed by atoms with E-state index in [4.69, 9.17) is 23.2 Å². The summed E-state index contributed by atoms with van der Waals surface area (Å²) in [7, 11) is 0. The van der Waals surface area contributed by atoms with Gasteiger partial charge in [-0.2, -0.15) is 4.68 Å². The number of halogens is 2. The molecule has 20 heavy (non-hydrogen) atoms. The van der Waals surface area contributed by atoms with Gasteiger partial charge >= 0.3 is 5.82 Å². The van der Waals surface area contributed by atoms with Crippen molar-refractivity contribution < 1.29 is 4.92 Å². The van der Waals surface area contributed by atoms with Gasteiger partial charge in [0.05, 0.1) is 22.0 Å². The minimum absolute atomic E-state index is 0.0195. The molecule has 0 aliphatic rings. The average Bonchev–Trinajstić information content (AvgIpc) is 2.75. The Morgan fingerprint density at radius 2 is 2.15 bits per heavy atom. The Balaban J connectivity index is 2.27. The van der Waals surface area contributed by atoms with E-state index in [1.165, 1.54) is 10.9 Å². The van der Waals surface area contributed by atoms with Crippen LogP contribution < -0.4 is 5.32 Å². The normalized spacial score (nSPS) is 10.6. The second-order valence-corrected chi connectivity index (χ2v) is 4.73. The molecule has 0 aliphatic heterocycles. The molecule has 106 valence electrons. The third-order valence-corrected chi connectivity index (χ3v) is 3.07. The SMILES string of the molecule is CCNc1ccc(Cl)c(Cn2cc(Cl)c([N+](=O)[O-])n2)n1. The molecule has 0 saturated heterocycles. The molecule has 0 spiro atoms. The molecule has 2 rings (SSSR count). The molecule has 0 fully saturated rings. The van der Waals surface area contributed by atoms with Crippen molar-refractivity contribution in [1.82, 2.24) is 14.8 Å². The topological polar surface area (TPSA) is 85.9 Å². The van der Waals surface area contributed by atoms with Crippen molar-refractivity contribution in [3.63, 3.8) is 0 Å². The van der Waals surface area contributed by atoms with E-state index in [-0.39, 0.29) is 17.4 Å². The summed E-state index contributed by atoms with van der Waals surface area (Å²) >= 11 is 11.8. The number of nitro groups is 1. The number of aromatic nitrogens is 3. The molecular weight excluding hydrogens is 305 g/mol. The van der Waals surface area contributed by atoms with Gasteiger partial charge in [0, 0.05) is 6.54 Å². The second kappa shape index (κ2) is 6.06. The van der Waals surface area contributed by atoms with Crippen molar-refractivity contribution in [2.24, 2.45) is 0 Å². The molecule has 2 heterocycles. The predicted molar refractivity (Wildman–Crippen MR) is 76.4 cm³/mol. The van der Waals surface area contributed by atoms with Crippen LogP contribution in [0.25, 0.3) is 0 Å². The zero-order valence-corrected chi connectivity index (χ0v) is 12.0. The van der Waals surface area contributed by atoms with Crippen molar-refractivity contribution in [2.45, 2.75) is 13.5 Å². The molecule has 1 N–H and O–H groups in total. The quantitative estimate of drug-likeness (QED) is 0.677. The van der Waals surface area contributed by atoms with Gasteiger partial charge in [-0.05, 0) is 24.0 Å². The van der Waals surface area contributed by atoms with Gasteiger partial charge < -0.3 is 15.4 Å².